The van der Waals surface area contributed by atoms with E-state index in [9.17, 15) is 48.9 Å². The van der Waals surface area contributed by atoms with Crippen molar-refractivity contribution >= 4 is 41.4 Å². The number of carbonyl (C=O) groups is 7. The van der Waals surface area contributed by atoms with Gasteiger partial charge in [-0.15, -0.1) is 0 Å². The molecule has 0 fully saturated rings. The van der Waals surface area contributed by atoms with Crippen LogP contribution < -0.4 is 32.3 Å². The van der Waals surface area contributed by atoms with Crippen molar-refractivity contribution < 1.29 is 48.9 Å². The van der Waals surface area contributed by atoms with Gasteiger partial charge in [-0.3, -0.25) is 33.6 Å². The summed E-state index contributed by atoms with van der Waals surface area (Å²) < 4.78 is 0. The van der Waals surface area contributed by atoms with Crippen LogP contribution in [-0.4, -0.2) is 99.7 Å². The molecule has 0 aromatic heterocycles. The van der Waals surface area contributed by atoms with Gasteiger partial charge in [0, 0.05) is 5.92 Å². The van der Waals surface area contributed by atoms with Crippen molar-refractivity contribution in [3.05, 3.63) is 0 Å². The Morgan fingerprint density at radius 1 is 0.617 bits per heavy atom. The zero-order chi connectivity index (χ0) is 36.4. The molecule has 6 atom stereocenters. The van der Waals surface area contributed by atoms with Gasteiger partial charge >= 0.3 is 5.97 Å². The molecule has 0 saturated heterocycles. The maximum absolute atomic E-state index is 13.3. The first kappa shape index (κ1) is 43.2. The molecular weight excluding hydrogens is 616 g/mol. The number of aliphatic carboxylic acids is 1. The lowest BCUT2D eigenvalue weighted by Crippen LogP contribution is -2.62. The fraction of sp³-hybridized carbons (Fsp3) is 0.774. The summed E-state index contributed by atoms with van der Waals surface area (Å²) in [6.45, 7) is 11.4. The molecule has 0 heterocycles. The normalized spacial score (nSPS) is 15.1. The van der Waals surface area contributed by atoms with Gasteiger partial charge in [-0.25, -0.2) is 0 Å². The van der Waals surface area contributed by atoms with Gasteiger partial charge in [0.05, 0.1) is 19.1 Å². The van der Waals surface area contributed by atoms with Gasteiger partial charge in [0.15, 0.2) is 0 Å². The van der Waals surface area contributed by atoms with Crippen molar-refractivity contribution in [1.29, 1.82) is 0 Å². The highest BCUT2D eigenvalue weighted by Crippen LogP contribution is 2.15. The van der Waals surface area contributed by atoms with E-state index in [1.807, 2.05) is 27.7 Å². The molecule has 270 valence electrons. The first-order valence-electron chi connectivity index (χ1n) is 16.2. The summed E-state index contributed by atoms with van der Waals surface area (Å²) in [6, 6.07) is -7.24. The SMILES string of the molecule is CCCC(CCC)C(=O)N[C@@H](CC(C)C)C(=O)N[C@@H](CC(=O)O)C(=O)N[C@H](C(=O)N[C@@H](CO)C(=O)N[C@@H](CC(C)C)C(N)=O)[C@@H](C)O. The first-order chi connectivity index (χ1) is 21.9. The molecule has 0 aliphatic rings. The average molecular weight is 673 g/mol. The zero-order valence-electron chi connectivity index (χ0n) is 28.6. The van der Waals surface area contributed by atoms with Crippen LogP contribution in [-0.2, 0) is 33.6 Å². The van der Waals surface area contributed by atoms with Crippen LogP contribution in [0.25, 0.3) is 0 Å². The number of amides is 6. The molecule has 0 aliphatic carbocycles. The first-order valence-corrected chi connectivity index (χ1v) is 16.2. The molecule has 0 aromatic carbocycles. The maximum atomic E-state index is 13.3. The molecule has 47 heavy (non-hydrogen) atoms. The van der Waals surface area contributed by atoms with Crippen molar-refractivity contribution in [2.75, 3.05) is 6.61 Å². The second-order valence-corrected chi connectivity index (χ2v) is 12.7. The minimum absolute atomic E-state index is 0.0278. The standard InChI is InChI=1S/C31H56N6O10/c1-8-10-19(11-9-2)27(43)34-21(13-17(5)6)28(44)35-22(14-24(40)41)29(45)37-25(18(7)39)31(47)36-23(15-38)30(46)33-20(26(32)42)12-16(3)4/h16-23,25,38-39H,8-15H2,1-7H3,(H2,32,42)(H,33,46)(H,34,43)(H,35,44)(H,36,47)(H,37,45)(H,40,41)/t18-,20+,21+,22+,23+,25+/m1/s1. The van der Waals surface area contributed by atoms with Crippen LogP contribution in [0.15, 0.2) is 0 Å². The number of rotatable bonds is 23. The summed E-state index contributed by atoms with van der Waals surface area (Å²) >= 11 is 0. The molecule has 0 radical (unpaired) electrons. The average Bonchev–Trinajstić information content (AvgIpc) is 2.95. The number of aliphatic hydroxyl groups is 2. The van der Waals surface area contributed by atoms with Crippen LogP contribution in [0.4, 0.5) is 0 Å². The van der Waals surface area contributed by atoms with Gasteiger partial charge in [-0.2, -0.15) is 0 Å². The Labute approximate surface area is 276 Å². The quantitative estimate of drug-likeness (QED) is 0.0642. The summed E-state index contributed by atoms with van der Waals surface area (Å²) in [7, 11) is 0. The third-order valence-electron chi connectivity index (χ3n) is 7.24. The van der Waals surface area contributed by atoms with E-state index < -0.39 is 84.8 Å². The Balaban J connectivity index is 5.93. The van der Waals surface area contributed by atoms with Crippen LogP contribution in [0.5, 0.6) is 0 Å². The molecule has 0 bridgehead atoms. The van der Waals surface area contributed by atoms with Gasteiger partial charge in [0.25, 0.3) is 0 Å². The van der Waals surface area contributed by atoms with E-state index in [2.05, 4.69) is 26.6 Å². The van der Waals surface area contributed by atoms with Gasteiger partial charge in [-0.1, -0.05) is 54.4 Å². The number of carbonyl (C=O) groups excluding carboxylic acids is 6. The number of carboxylic acids is 1. The molecule has 0 saturated carbocycles. The topological polar surface area (TPSA) is 266 Å². The van der Waals surface area contributed by atoms with E-state index in [0.717, 1.165) is 19.8 Å². The smallest absolute Gasteiger partial charge is 0.305 e. The second kappa shape index (κ2) is 21.9. The fourth-order valence-electron chi connectivity index (χ4n) is 4.86. The molecule has 0 rings (SSSR count). The molecule has 16 nitrogen and oxygen atoms in total. The number of nitrogens with two attached hydrogens (primary N) is 1. The summed E-state index contributed by atoms with van der Waals surface area (Å²) in [5, 5.41) is 41.3. The molecule has 6 amide bonds. The summed E-state index contributed by atoms with van der Waals surface area (Å²) in [4.78, 5) is 88.7. The van der Waals surface area contributed by atoms with Gasteiger partial charge in [0.2, 0.25) is 35.4 Å². The molecule has 0 aliphatic heterocycles. The van der Waals surface area contributed by atoms with Crippen molar-refractivity contribution in [2.24, 2.45) is 23.5 Å². The lowest BCUT2D eigenvalue weighted by molar-refractivity contribution is -0.142. The number of aliphatic hydroxyl groups excluding tert-OH is 2. The van der Waals surface area contributed by atoms with Crippen LogP contribution in [0.1, 0.15) is 93.4 Å². The van der Waals surface area contributed by atoms with E-state index in [1.54, 1.807) is 13.8 Å². The van der Waals surface area contributed by atoms with Crippen LogP contribution in [0.2, 0.25) is 0 Å². The molecule has 16 heteroatoms. The Morgan fingerprint density at radius 2 is 1.04 bits per heavy atom. The van der Waals surface area contributed by atoms with E-state index in [1.165, 1.54) is 0 Å². The highest BCUT2D eigenvalue weighted by molar-refractivity contribution is 5.97. The van der Waals surface area contributed by atoms with Crippen molar-refractivity contribution in [3.63, 3.8) is 0 Å². The molecule has 0 unspecified atom stereocenters. The lowest BCUT2D eigenvalue weighted by Gasteiger charge is -2.28. The summed E-state index contributed by atoms with van der Waals surface area (Å²) in [5.41, 5.74) is 5.34. The van der Waals surface area contributed by atoms with Crippen molar-refractivity contribution in [3.8, 4) is 0 Å². The zero-order valence-corrected chi connectivity index (χ0v) is 28.6. The fourth-order valence-corrected chi connectivity index (χ4v) is 4.86. The van der Waals surface area contributed by atoms with Crippen LogP contribution >= 0.6 is 0 Å². The summed E-state index contributed by atoms with van der Waals surface area (Å²) in [5.74, 6) is -7.03. The summed E-state index contributed by atoms with van der Waals surface area (Å²) in [6.07, 6.45) is 0.659. The number of hydrogen-bond donors (Lipinski definition) is 9. The number of nitrogens with one attached hydrogen (secondary N) is 5. The minimum Gasteiger partial charge on any atom is -0.481 e. The lowest BCUT2D eigenvalue weighted by atomic mass is 9.95. The predicted octanol–water partition coefficient (Wildman–Crippen LogP) is -0.948. The predicted molar refractivity (Wildman–Crippen MR) is 172 cm³/mol. The molecule has 10 N–H and O–H groups in total. The number of hydrogen-bond acceptors (Lipinski definition) is 9. The number of carboxylic acid groups (broad SMARTS) is 1. The molecule has 0 spiro atoms. The minimum atomic E-state index is -1.75. The Kier molecular flexibility index (Phi) is 20.1. The highest BCUT2D eigenvalue weighted by atomic mass is 16.4. The monoisotopic (exact) mass is 672 g/mol. The highest BCUT2D eigenvalue weighted by Gasteiger charge is 2.35. The van der Waals surface area contributed by atoms with E-state index in [-0.39, 0.29) is 36.5 Å². The third-order valence-corrected chi connectivity index (χ3v) is 7.24. The van der Waals surface area contributed by atoms with E-state index in [4.69, 9.17) is 5.73 Å². The van der Waals surface area contributed by atoms with Crippen LogP contribution in [0, 0.1) is 17.8 Å². The van der Waals surface area contributed by atoms with Crippen molar-refractivity contribution in [2.45, 2.75) is 130 Å². The van der Waals surface area contributed by atoms with E-state index in [0.29, 0.717) is 12.8 Å². The Hall–Kier alpha value is -3.79. The maximum Gasteiger partial charge on any atom is 0.305 e. The van der Waals surface area contributed by atoms with Gasteiger partial charge in [0.1, 0.15) is 30.2 Å². The molecular formula is C31H56N6O10. The Bertz CT molecular complexity index is 1060. The largest absolute Gasteiger partial charge is 0.481 e. The van der Waals surface area contributed by atoms with E-state index >= 15 is 0 Å². The Morgan fingerprint density at radius 3 is 1.47 bits per heavy atom. The number of primary amides is 1. The second-order valence-electron chi connectivity index (χ2n) is 12.7. The third kappa shape index (κ3) is 16.6. The van der Waals surface area contributed by atoms with Crippen LogP contribution in [0.3, 0.4) is 0 Å². The molecule has 0 aromatic rings. The van der Waals surface area contributed by atoms with Gasteiger partial charge in [-0.05, 0) is 44.4 Å². The van der Waals surface area contributed by atoms with Crippen molar-refractivity contribution in [1.82, 2.24) is 26.6 Å². The van der Waals surface area contributed by atoms with Gasteiger partial charge < -0.3 is 47.6 Å².